The standard InChI is InChI=1S/C21H32N4O2.2ClH/c1-26-16-19-15-25(10-11-27-19)9-8-24-7-6-22-18(14-24)12-17-13-23-21-5-3-2-4-20(17)21;;/h2-5,13,18-19,22-23H,6-12,14-16H2,1H3;2*1H/t18?,19-;;/m1../s1. The number of rotatable bonds is 7. The van der Waals surface area contributed by atoms with Gasteiger partial charge in [0, 0.05) is 76.1 Å². The predicted molar refractivity (Wildman–Crippen MR) is 123 cm³/mol. The first kappa shape index (κ1) is 24.4. The van der Waals surface area contributed by atoms with Gasteiger partial charge in [-0.15, -0.1) is 24.8 Å². The third kappa shape index (κ3) is 6.56. The van der Waals surface area contributed by atoms with Gasteiger partial charge in [0.25, 0.3) is 0 Å². The lowest BCUT2D eigenvalue weighted by Crippen LogP contribution is -2.54. The minimum Gasteiger partial charge on any atom is -0.382 e. The Hall–Kier alpha value is -0.860. The Balaban J connectivity index is 0.00000150. The highest BCUT2D eigenvalue weighted by Crippen LogP contribution is 2.20. The van der Waals surface area contributed by atoms with E-state index in [2.05, 4.69) is 50.6 Å². The van der Waals surface area contributed by atoms with E-state index in [4.69, 9.17) is 9.47 Å². The Kier molecular flexibility index (Phi) is 10.2. The number of methoxy groups -OCH3 is 1. The van der Waals surface area contributed by atoms with Crippen molar-refractivity contribution in [2.24, 2.45) is 0 Å². The average Bonchev–Trinajstić information content (AvgIpc) is 3.10. The Morgan fingerprint density at radius 1 is 1.10 bits per heavy atom. The van der Waals surface area contributed by atoms with E-state index < -0.39 is 0 Å². The van der Waals surface area contributed by atoms with Crippen molar-refractivity contribution in [2.75, 3.05) is 66.1 Å². The highest BCUT2D eigenvalue weighted by Gasteiger charge is 2.23. The zero-order valence-electron chi connectivity index (χ0n) is 17.1. The second-order valence-electron chi connectivity index (χ2n) is 7.76. The number of halogens is 2. The van der Waals surface area contributed by atoms with Crippen LogP contribution in [0, 0.1) is 0 Å². The van der Waals surface area contributed by atoms with Crippen molar-refractivity contribution in [1.82, 2.24) is 20.1 Å². The first-order valence-corrected chi connectivity index (χ1v) is 10.2. The molecule has 29 heavy (non-hydrogen) atoms. The van der Waals surface area contributed by atoms with Gasteiger partial charge >= 0.3 is 0 Å². The number of aromatic amines is 1. The second kappa shape index (κ2) is 12.1. The van der Waals surface area contributed by atoms with Crippen molar-refractivity contribution in [3.8, 4) is 0 Å². The summed E-state index contributed by atoms with van der Waals surface area (Å²) >= 11 is 0. The molecule has 164 valence electrons. The number of morpholine rings is 1. The fourth-order valence-electron chi connectivity index (χ4n) is 4.35. The lowest BCUT2D eigenvalue weighted by atomic mass is 10.0. The van der Waals surface area contributed by atoms with Crippen molar-refractivity contribution in [1.29, 1.82) is 0 Å². The third-order valence-corrected chi connectivity index (χ3v) is 5.79. The van der Waals surface area contributed by atoms with Crippen molar-refractivity contribution in [2.45, 2.75) is 18.6 Å². The minimum atomic E-state index is 0. The van der Waals surface area contributed by atoms with E-state index in [-0.39, 0.29) is 30.9 Å². The molecule has 0 amide bonds. The zero-order valence-corrected chi connectivity index (χ0v) is 18.8. The maximum atomic E-state index is 5.76. The molecule has 0 saturated carbocycles. The lowest BCUT2D eigenvalue weighted by Gasteiger charge is -2.37. The van der Waals surface area contributed by atoms with Crippen LogP contribution in [0.15, 0.2) is 30.5 Å². The van der Waals surface area contributed by atoms with E-state index in [1.807, 2.05) is 0 Å². The molecule has 0 aliphatic carbocycles. The summed E-state index contributed by atoms with van der Waals surface area (Å²) in [5, 5.41) is 5.06. The van der Waals surface area contributed by atoms with Gasteiger partial charge in [0.2, 0.25) is 0 Å². The summed E-state index contributed by atoms with van der Waals surface area (Å²) in [5.41, 5.74) is 2.65. The number of benzene rings is 1. The van der Waals surface area contributed by atoms with E-state index in [9.17, 15) is 0 Å². The fraction of sp³-hybridized carbons (Fsp3) is 0.619. The van der Waals surface area contributed by atoms with Crippen LogP contribution < -0.4 is 5.32 Å². The monoisotopic (exact) mass is 444 g/mol. The van der Waals surface area contributed by atoms with Crippen LogP contribution in [-0.2, 0) is 15.9 Å². The highest BCUT2D eigenvalue weighted by atomic mass is 35.5. The van der Waals surface area contributed by atoms with E-state index in [0.717, 1.165) is 58.8 Å². The van der Waals surface area contributed by atoms with Crippen LogP contribution in [0.5, 0.6) is 0 Å². The number of H-pyrrole nitrogens is 1. The third-order valence-electron chi connectivity index (χ3n) is 5.79. The molecule has 2 aromatic rings. The molecule has 3 heterocycles. The lowest BCUT2D eigenvalue weighted by molar-refractivity contribution is -0.0624. The SMILES string of the molecule is COC[C@H]1CN(CCN2CCNC(Cc3c[nH]c4ccccc34)C2)CCO1.Cl.Cl. The molecule has 2 N–H and O–H groups in total. The van der Waals surface area contributed by atoms with Crippen molar-refractivity contribution >= 4 is 35.7 Å². The number of ether oxygens (including phenoxy) is 2. The molecule has 8 heteroatoms. The maximum Gasteiger partial charge on any atom is 0.0935 e. The summed E-state index contributed by atoms with van der Waals surface area (Å²) in [6.07, 6.45) is 3.48. The number of nitrogens with zero attached hydrogens (tertiary/aromatic N) is 2. The van der Waals surface area contributed by atoms with E-state index in [1.54, 1.807) is 7.11 Å². The first-order chi connectivity index (χ1) is 13.3. The number of fused-ring (bicyclic) bond motifs is 1. The molecule has 1 aromatic carbocycles. The van der Waals surface area contributed by atoms with Crippen LogP contribution in [0.4, 0.5) is 0 Å². The van der Waals surface area contributed by atoms with Gasteiger partial charge in [0.1, 0.15) is 0 Å². The van der Waals surface area contributed by atoms with Gasteiger partial charge in [0.15, 0.2) is 0 Å². The summed E-state index contributed by atoms with van der Waals surface area (Å²) in [5.74, 6) is 0. The quantitative estimate of drug-likeness (QED) is 0.685. The van der Waals surface area contributed by atoms with Gasteiger partial charge < -0.3 is 19.8 Å². The molecule has 6 nitrogen and oxygen atoms in total. The molecule has 0 spiro atoms. The molecule has 0 bridgehead atoms. The van der Waals surface area contributed by atoms with Crippen molar-refractivity contribution < 1.29 is 9.47 Å². The van der Waals surface area contributed by atoms with Crippen molar-refractivity contribution in [3.63, 3.8) is 0 Å². The van der Waals surface area contributed by atoms with Crippen LogP contribution in [0.2, 0.25) is 0 Å². The fourth-order valence-corrected chi connectivity index (χ4v) is 4.35. The van der Waals surface area contributed by atoms with E-state index >= 15 is 0 Å². The predicted octanol–water partition coefficient (Wildman–Crippen LogP) is 2.18. The molecule has 2 fully saturated rings. The topological polar surface area (TPSA) is 52.8 Å². The Labute approximate surface area is 186 Å². The van der Waals surface area contributed by atoms with Gasteiger partial charge in [-0.1, -0.05) is 18.2 Å². The molecular weight excluding hydrogens is 411 g/mol. The molecule has 2 aliphatic heterocycles. The van der Waals surface area contributed by atoms with Crippen molar-refractivity contribution in [3.05, 3.63) is 36.0 Å². The molecule has 2 atom stereocenters. The number of hydrogen-bond acceptors (Lipinski definition) is 5. The minimum absolute atomic E-state index is 0. The van der Waals surface area contributed by atoms with Crippen LogP contribution in [-0.4, -0.2) is 93.1 Å². The Bertz CT molecular complexity index is 728. The molecule has 2 saturated heterocycles. The summed E-state index contributed by atoms with van der Waals surface area (Å²) in [4.78, 5) is 8.53. The molecule has 0 radical (unpaired) electrons. The molecule has 1 unspecified atom stereocenters. The summed E-state index contributed by atoms with van der Waals surface area (Å²) < 4.78 is 11.0. The molecule has 2 aliphatic rings. The van der Waals surface area contributed by atoms with Gasteiger partial charge in [-0.3, -0.25) is 9.80 Å². The van der Waals surface area contributed by atoms with Gasteiger partial charge in [-0.05, 0) is 18.1 Å². The number of piperazine rings is 1. The summed E-state index contributed by atoms with van der Waals surface area (Å²) in [6, 6.07) is 9.10. The Morgan fingerprint density at radius 3 is 2.72 bits per heavy atom. The molecule has 1 aromatic heterocycles. The second-order valence-corrected chi connectivity index (χ2v) is 7.76. The number of hydrogen-bond donors (Lipinski definition) is 2. The first-order valence-electron chi connectivity index (χ1n) is 10.2. The average molecular weight is 445 g/mol. The zero-order chi connectivity index (χ0) is 18.5. The van der Waals surface area contributed by atoms with E-state index in [1.165, 1.54) is 16.5 Å². The highest BCUT2D eigenvalue weighted by molar-refractivity contribution is 5.85. The number of para-hydroxylation sites is 1. The molecular formula is C21H34Cl2N4O2. The number of nitrogens with one attached hydrogen (secondary N) is 2. The van der Waals surface area contributed by atoms with Gasteiger partial charge in [-0.25, -0.2) is 0 Å². The summed E-state index contributed by atoms with van der Waals surface area (Å²) in [6.45, 7) is 9.10. The van der Waals surface area contributed by atoms with Crippen LogP contribution in [0.1, 0.15) is 5.56 Å². The number of aromatic nitrogens is 1. The van der Waals surface area contributed by atoms with E-state index in [0.29, 0.717) is 12.6 Å². The molecule has 4 rings (SSSR count). The maximum absolute atomic E-state index is 5.76. The van der Waals surface area contributed by atoms with Gasteiger partial charge in [0.05, 0.1) is 19.3 Å². The smallest absolute Gasteiger partial charge is 0.0935 e. The largest absolute Gasteiger partial charge is 0.382 e. The Morgan fingerprint density at radius 2 is 1.90 bits per heavy atom. The van der Waals surface area contributed by atoms with Crippen LogP contribution >= 0.6 is 24.8 Å². The van der Waals surface area contributed by atoms with Gasteiger partial charge in [-0.2, -0.15) is 0 Å². The normalized spacial score (nSPS) is 23.5. The van der Waals surface area contributed by atoms with Crippen LogP contribution in [0.3, 0.4) is 0 Å². The summed E-state index contributed by atoms with van der Waals surface area (Å²) in [7, 11) is 1.75. The van der Waals surface area contributed by atoms with Crippen LogP contribution in [0.25, 0.3) is 10.9 Å².